The first-order chi connectivity index (χ1) is 12.1. The van der Waals surface area contributed by atoms with E-state index >= 15 is 0 Å². The molecule has 2 bridgehead atoms. The predicted octanol–water partition coefficient (Wildman–Crippen LogP) is 3.88. The summed E-state index contributed by atoms with van der Waals surface area (Å²) >= 11 is 0. The molecule has 3 aliphatic rings. The van der Waals surface area contributed by atoms with Gasteiger partial charge in [0.05, 0.1) is 8.07 Å². The summed E-state index contributed by atoms with van der Waals surface area (Å²) in [5, 5.41) is 23.6. The van der Waals surface area contributed by atoms with Crippen molar-refractivity contribution in [3.63, 3.8) is 0 Å². The van der Waals surface area contributed by atoms with Crippen LogP contribution in [0.5, 0.6) is 0 Å². The van der Waals surface area contributed by atoms with Gasteiger partial charge in [0.2, 0.25) is 0 Å². The van der Waals surface area contributed by atoms with Gasteiger partial charge >= 0.3 is 0 Å². The maximum atomic E-state index is 12.7. The van der Waals surface area contributed by atoms with Gasteiger partial charge in [0.1, 0.15) is 5.60 Å². The molecule has 1 aromatic carbocycles. The standard InChI is InChI=1S/C22H32O3Si/c1-6-7-13-26(15(2)3,16(4)5)18-10-8-9-17-20(18)22(25)12-11-21(17,24)14-19(22)23/h8-12,15-16,24-25H,6-7,13-14H2,1-5H3/t21-,22+/m1/s1. The Bertz CT molecular complexity index is 744. The largest absolute Gasteiger partial charge is 0.381 e. The SMILES string of the molecule is CCCC[Si](c1cccc2c1[C@]1(O)C=C[C@@]2(O)CC1=O)(C(C)C)C(C)C. The molecular formula is C22H32O3Si. The predicted molar refractivity (Wildman–Crippen MR) is 108 cm³/mol. The molecule has 0 amide bonds. The highest BCUT2D eigenvalue weighted by molar-refractivity contribution is 6.94. The van der Waals surface area contributed by atoms with Crippen molar-refractivity contribution in [3.8, 4) is 0 Å². The Hall–Kier alpha value is -1.23. The molecule has 0 spiro atoms. The van der Waals surface area contributed by atoms with Gasteiger partial charge in [-0.05, 0) is 28.8 Å². The van der Waals surface area contributed by atoms with Gasteiger partial charge in [0.15, 0.2) is 11.4 Å². The van der Waals surface area contributed by atoms with E-state index < -0.39 is 19.3 Å². The number of fused-ring (bicyclic) bond motifs is 1. The van der Waals surface area contributed by atoms with E-state index in [1.54, 1.807) is 6.08 Å². The Morgan fingerprint density at radius 1 is 1.12 bits per heavy atom. The summed E-state index contributed by atoms with van der Waals surface area (Å²) < 4.78 is 0. The molecule has 26 heavy (non-hydrogen) atoms. The molecule has 3 nitrogen and oxygen atoms in total. The number of aliphatic hydroxyl groups is 2. The number of hydrogen-bond acceptors (Lipinski definition) is 3. The van der Waals surface area contributed by atoms with Crippen LogP contribution in [-0.2, 0) is 16.0 Å². The zero-order valence-electron chi connectivity index (χ0n) is 16.7. The fourth-order valence-corrected chi connectivity index (χ4v) is 11.5. The van der Waals surface area contributed by atoms with Crippen LogP contribution >= 0.6 is 0 Å². The van der Waals surface area contributed by atoms with E-state index in [1.807, 2.05) is 12.1 Å². The van der Waals surface area contributed by atoms with Crippen molar-refractivity contribution in [2.75, 3.05) is 0 Å². The highest BCUT2D eigenvalue weighted by Crippen LogP contribution is 2.49. The Labute approximate surface area is 158 Å². The summed E-state index contributed by atoms with van der Waals surface area (Å²) in [5.41, 5.74) is -0.450. The smallest absolute Gasteiger partial charge is 0.176 e. The monoisotopic (exact) mass is 372 g/mol. The molecule has 0 unspecified atom stereocenters. The average Bonchev–Trinajstić information content (AvgIpc) is 2.57. The molecule has 0 aliphatic heterocycles. The van der Waals surface area contributed by atoms with E-state index in [2.05, 4.69) is 40.7 Å². The molecule has 3 aliphatic carbocycles. The quantitative estimate of drug-likeness (QED) is 0.588. The molecule has 4 heteroatoms. The minimum absolute atomic E-state index is 0.0384. The number of Topliss-reactive ketones (excluding diaryl/α,β-unsaturated/α-hetero) is 1. The summed E-state index contributed by atoms with van der Waals surface area (Å²) in [6.07, 6.45) is 5.39. The highest BCUT2D eigenvalue weighted by atomic mass is 28.3. The zero-order chi connectivity index (χ0) is 19.3. The summed E-state index contributed by atoms with van der Waals surface area (Å²) in [6.45, 7) is 11.4. The van der Waals surface area contributed by atoms with Gasteiger partial charge in [-0.2, -0.15) is 0 Å². The van der Waals surface area contributed by atoms with E-state index in [0.29, 0.717) is 16.6 Å². The van der Waals surface area contributed by atoms with Crippen molar-refractivity contribution in [1.29, 1.82) is 0 Å². The van der Waals surface area contributed by atoms with Gasteiger partial charge in [-0.25, -0.2) is 0 Å². The van der Waals surface area contributed by atoms with Gasteiger partial charge in [-0.1, -0.05) is 76.9 Å². The zero-order valence-corrected chi connectivity index (χ0v) is 17.7. The number of benzene rings is 1. The first-order valence-electron chi connectivity index (χ1n) is 9.96. The van der Waals surface area contributed by atoms with Crippen LogP contribution in [0.15, 0.2) is 30.4 Å². The molecular weight excluding hydrogens is 340 g/mol. The van der Waals surface area contributed by atoms with Crippen molar-refractivity contribution in [3.05, 3.63) is 41.5 Å². The van der Waals surface area contributed by atoms with Gasteiger partial charge in [-0.15, -0.1) is 0 Å². The van der Waals surface area contributed by atoms with E-state index in [1.165, 1.54) is 11.3 Å². The molecule has 0 heterocycles. The molecule has 0 saturated carbocycles. The van der Waals surface area contributed by atoms with Crippen LogP contribution in [0.3, 0.4) is 0 Å². The number of ketones is 1. The van der Waals surface area contributed by atoms with Crippen molar-refractivity contribution >= 4 is 19.0 Å². The van der Waals surface area contributed by atoms with E-state index in [9.17, 15) is 15.0 Å². The van der Waals surface area contributed by atoms with Crippen molar-refractivity contribution in [1.82, 2.24) is 0 Å². The van der Waals surface area contributed by atoms with Crippen LogP contribution in [0.4, 0.5) is 0 Å². The summed E-state index contributed by atoms with van der Waals surface area (Å²) in [4.78, 5) is 12.7. The third-order valence-electron chi connectivity index (χ3n) is 6.87. The van der Waals surface area contributed by atoms with Crippen molar-refractivity contribution in [2.45, 2.75) is 82.2 Å². The Morgan fingerprint density at radius 2 is 1.77 bits per heavy atom. The molecule has 4 rings (SSSR count). The number of rotatable bonds is 6. The molecule has 0 saturated heterocycles. The van der Waals surface area contributed by atoms with Crippen LogP contribution in [-0.4, -0.2) is 24.1 Å². The first-order valence-corrected chi connectivity index (χ1v) is 12.3. The van der Waals surface area contributed by atoms with Gasteiger partial charge in [0.25, 0.3) is 0 Å². The van der Waals surface area contributed by atoms with E-state index in [4.69, 9.17) is 0 Å². The Morgan fingerprint density at radius 3 is 2.31 bits per heavy atom. The number of carbonyl (C=O) groups excluding carboxylic acids is 1. The molecule has 2 atom stereocenters. The summed E-state index contributed by atoms with van der Waals surface area (Å²) in [6, 6.07) is 7.16. The molecule has 142 valence electrons. The normalized spacial score (nSPS) is 27.5. The van der Waals surface area contributed by atoms with E-state index in [0.717, 1.165) is 24.4 Å². The lowest BCUT2D eigenvalue weighted by molar-refractivity contribution is -0.142. The Kier molecular flexibility index (Phi) is 4.83. The lowest BCUT2D eigenvalue weighted by Gasteiger charge is -2.49. The first kappa shape index (κ1) is 19.5. The second-order valence-electron chi connectivity index (χ2n) is 8.81. The van der Waals surface area contributed by atoms with Crippen molar-refractivity contribution < 1.29 is 15.0 Å². The maximum absolute atomic E-state index is 12.7. The lowest BCUT2D eigenvalue weighted by Crippen LogP contribution is -2.61. The van der Waals surface area contributed by atoms with Crippen molar-refractivity contribution in [2.24, 2.45) is 0 Å². The molecule has 0 aromatic heterocycles. The minimum Gasteiger partial charge on any atom is -0.381 e. The average molecular weight is 373 g/mol. The third kappa shape index (κ3) is 2.49. The van der Waals surface area contributed by atoms with Crippen LogP contribution in [0.1, 0.15) is 65.0 Å². The number of carbonyl (C=O) groups is 1. The summed E-state index contributed by atoms with van der Waals surface area (Å²) in [5.74, 6) is -0.284. The fourth-order valence-electron chi connectivity index (χ4n) is 5.38. The number of hydrogen-bond donors (Lipinski definition) is 2. The second-order valence-corrected chi connectivity index (χ2v) is 14.2. The van der Waals surface area contributed by atoms with Gasteiger partial charge in [0, 0.05) is 12.0 Å². The Balaban J connectivity index is 2.33. The molecule has 0 radical (unpaired) electrons. The fraction of sp³-hybridized carbons (Fsp3) is 0.591. The third-order valence-corrected chi connectivity index (χ3v) is 13.6. The summed E-state index contributed by atoms with van der Waals surface area (Å²) in [7, 11) is -2.03. The minimum atomic E-state index is -2.03. The molecule has 1 aromatic rings. The van der Waals surface area contributed by atoms with Crippen LogP contribution in [0.25, 0.3) is 0 Å². The van der Waals surface area contributed by atoms with Crippen LogP contribution in [0, 0.1) is 0 Å². The van der Waals surface area contributed by atoms with Gasteiger partial charge < -0.3 is 10.2 Å². The lowest BCUT2D eigenvalue weighted by atomic mass is 9.65. The molecule has 2 N–H and O–H groups in total. The maximum Gasteiger partial charge on any atom is 0.176 e. The molecule has 0 fully saturated rings. The van der Waals surface area contributed by atoms with Crippen LogP contribution < -0.4 is 5.19 Å². The van der Waals surface area contributed by atoms with E-state index in [-0.39, 0.29) is 12.2 Å². The van der Waals surface area contributed by atoms with Gasteiger partial charge in [-0.3, -0.25) is 4.79 Å². The highest BCUT2D eigenvalue weighted by Gasteiger charge is 2.56. The number of unbranched alkanes of at least 4 members (excludes halogenated alkanes) is 1. The topological polar surface area (TPSA) is 57.5 Å². The second kappa shape index (κ2) is 6.43. The van der Waals surface area contributed by atoms with Crippen LogP contribution in [0.2, 0.25) is 17.1 Å².